The van der Waals surface area contributed by atoms with E-state index in [1.807, 2.05) is 0 Å². The first-order valence-corrected chi connectivity index (χ1v) is 5.07. The quantitative estimate of drug-likeness (QED) is 0.678. The molecule has 0 amide bonds. The third-order valence-electron chi connectivity index (χ3n) is 1.06. The maximum Gasteiger partial charge on any atom is 0.402 e. The van der Waals surface area contributed by atoms with Crippen molar-refractivity contribution < 1.29 is 26.7 Å². The Morgan fingerprint density at radius 2 is 1.85 bits per heavy atom. The Morgan fingerprint density at radius 1 is 1.31 bits per heavy atom. The van der Waals surface area contributed by atoms with E-state index >= 15 is 0 Å². The van der Waals surface area contributed by atoms with Gasteiger partial charge in [0.25, 0.3) is 0 Å². The number of hydrogen-bond acceptors (Lipinski definition) is 3. The van der Waals surface area contributed by atoms with E-state index in [9.17, 15) is 21.6 Å². The second-order valence-electron chi connectivity index (χ2n) is 2.33. The molecule has 0 radical (unpaired) electrons. The van der Waals surface area contributed by atoms with Gasteiger partial charge in [-0.15, -0.1) is 0 Å². The zero-order valence-electron chi connectivity index (χ0n) is 6.63. The maximum absolute atomic E-state index is 11.5. The number of halogens is 3. The largest absolute Gasteiger partial charge is 0.402 e. The van der Waals surface area contributed by atoms with Crippen molar-refractivity contribution in [3.8, 4) is 0 Å². The summed E-state index contributed by atoms with van der Waals surface area (Å²) in [6.07, 6.45) is -4.63. The summed E-state index contributed by atoms with van der Waals surface area (Å²) in [6.45, 7) is -1.94. The number of sulfonamides is 1. The van der Waals surface area contributed by atoms with Crippen molar-refractivity contribution in [2.45, 2.75) is 12.6 Å². The van der Waals surface area contributed by atoms with Crippen molar-refractivity contribution in [1.29, 1.82) is 0 Å². The summed E-state index contributed by atoms with van der Waals surface area (Å²) < 4.78 is 57.4. The van der Waals surface area contributed by atoms with E-state index in [1.165, 1.54) is 4.72 Å². The standard InChI is InChI=1S/C5H10F3NO3S/c6-5(7,8)4-9-13(11,12)3-1-2-10/h9-10H,1-4H2. The molecule has 4 nitrogen and oxygen atoms in total. The van der Waals surface area contributed by atoms with E-state index in [0.29, 0.717) is 0 Å². The highest BCUT2D eigenvalue weighted by molar-refractivity contribution is 7.89. The molecule has 0 saturated carbocycles. The molecular weight excluding hydrogens is 211 g/mol. The van der Waals surface area contributed by atoms with Crippen LogP contribution in [-0.4, -0.2) is 38.6 Å². The highest BCUT2D eigenvalue weighted by Crippen LogP contribution is 2.12. The molecule has 8 heteroatoms. The van der Waals surface area contributed by atoms with Gasteiger partial charge in [-0.25, -0.2) is 13.1 Å². The average Bonchev–Trinajstić information content (AvgIpc) is 1.97. The van der Waals surface area contributed by atoms with Crippen LogP contribution in [0.15, 0.2) is 0 Å². The Balaban J connectivity index is 3.91. The molecule has 0 aromatic rings. The van der Waals surface area contributed by atoms with Crippen molar-refractivity contribution in [2.75, 3.05) is 18.9 Å². The Bertz CT molecular complexity index is 236. The molecule has 0 saturated heterocycles. The van der Waals surface area contributed by atoms with E-state index in [-0.39, 0.29) is 13.0 Å². The van der Waals surface area contributed by atoms with Gasteiger partial charge in [-0.1, -0.05) is 0 Å². The van der Waals surface area contributed by atoms with Gasteiger partial charge in [0.15, 0.2) is 0 Å². The molecule has 0 rings (SSSR count). The molecule has 0 atom stereocenters. The number of hydrogen-bond donors (Lipinski definition) is 2. The molecule has 0 spiro atoms. The predicted molar refractivity (Wildman–Crippen MR) is 39.5 cm³/mol. The third kappa shape index (κ3) is 8.00. The minimum absolute atomic E-state index is 0.0762. The number of nitrogens with one attached hydrogen (secondary N) is 1. The molecule has 0 aromatic carbocycles. The van der Waals surface area contributed by atoms with Crippen molar-refractivity contribution in [3.05, 3.63) is 0 Å². The predicted octanol–water partition coefficient (Wildman–Crippen LogP) is -0.150. The van der Waals surface area contributed by atoms with E-state index in [2.05, 4.69) is 0 Å². The van der Waals surface area contributed by atoms with Crippen molar-refractivity contribution in [2.24, 2.45) is 0 Å². The van der Waals surface area contributed by atoms with Gasteiger partial charge in [0.05, 0.1) is 5.75 Å². The summed E-state index contributed by atoms with van der Waals surface area (Å²) >= 11 is 0. The summed E-state index contributed by atoms with van der Waals surface area (Å²) in [7, 11) is -3.91. The van der Waals surface area contributed by atoms with Gasteiger partial charge in [-0.05, 0) is 6.42 Å². The first-order valence-electron chi connectivity index (χ1n) is 3.42. The smallest absolute Gasteiger partial charge is 0.396 e. The van der Waals surface area contributed by atoms with Gasteiger partial charge in [-0.2, -0.15) is 13.2 Å². The van der Waals surface area contributed by atoms with Crippen LogP contribution < -0.4 is 4.72 Å². The van der Waals surface area contributed by atoms with Crippen molar-refractivity contribution >= 4 is 10.0 Å². The van der Waals surface area contributed by atoms with E-state index in [0.717, 1.165) is 0 Å². The molecule has 0 heterocycles. The van der Waals surface area contributed by atoms with Crippen molar-refractivity contribution in [1.82, 2.24) is 4.72 Å². The molecule has 0 aromatic heterocycles. The van der Waals surface area contributed by atoms with Crippen LogP contribution >= 0.6 is 0 Å². The Kier molecular flexibility index (Phi) is 4.65. The van der Waals surface area contributed by atoms with E-state index < -0.39 is 28.5 Å². The number of alkyl halides is 3. The molecule has 0 unspecified atom stereocenters. The number of aliphatic hydroxyl groups is 1. The van der Waals surface area contributed by atoms with Crippen LogP contribution in [0.2, 0.25) is 0 Å². The van der Waals surface area contributed by atoms with Gasteiger partial charge in [0, 0.05) is 6.61 Å². The van der Waals surface area contributed by atoms with Gasteiger partial charge >= 0.3 is 6.18 Å². The molecule has 0 fully saturated rings. The Morgan fingerprint density at radius 3 is 2.23 bits per heavy atom. The van der Waals surface area contributed by atoms with Crippen LogP contribution in [0.3, 0.4) is 0 Å². The second kappa shape index (κ2) is 4.77. The van der Waals surface area contributed by atoms with Crippen LogP contribution in [0.25, 0.3) is 0 Å². The van der Waals surface area contributed by atoms with Gasteiger partial charge in [-0.3, -0.25) is 0 Å². The fourth-order valence-electron chi connectivity index (χ4n) is 0.519. The average molecular weight is 221 g/mol. The van der Waals surface area contributed by atoms with E-state index in [1.54, 1.807) is 0 Å². The summed E-state index contributed by atoms with van der Waals surface area (Å²) in [4.78, 5) is 0. The monoisotopic (exact) mass is 221 g/mol. The maximum atomic E-state index is 11.5. The molecule has 0 aliphatic heterocycles. The van der Waals surface area contributed by atoms with Crippen LogP contribution in [0, 0.1) is 0 Å². The lowest BCUT2D eigenvalue weighted by molar-refractivity contribution is -0.121. The SMILES string of the molecule is O=S(=O)(CCCO)NCC(F)(F)F. The zero-order valence-corrected chi connectivity index (χ0v) is 7.45. The van der Waals surface area contributed by atoms with Crippen LogP contribution in [0.5, 0.6) is 0 Å². The molecular formula is C5H10F3NO3S. The Labute approximate surface area is 73.8 Å². The molecule has 13 heavy (non-hydrogen) atoms. The highest BCUT2D eigenvalue weighted by atomic mass is 32.2. The topological polar surface area (TPSA) is 66.4 Å². The molecule has 0 aliphatic rings. The number of aliphatic hydroxyl groups excluding tert-OH is 1. The zero-order chi connectivity index (χ0) is 10.5. The second-order valence-corrected chi connectivity index (χ2v) is 4.26. The minimum atomic E-state index is -4.55. The summed E-state index contributed by atoms with van der Waals surface area (Å²) in [5.74, 6) is -0.500. The normalized spacial score (nSPS) is 13.2. The Hall–Kier alpha value is -0.340. The van der Waals surface area contributed by atoms with Crippen LogP contribution in [0.4, 0.5) is 13.2 Å². The van der Waals surface area contributed by atoms with Crippen LogP contribution in [0.1, 0.15) is 6.42 Å². The fourth-order valence-corrected chi connectivity index (χ4v) is 1.56. The minimum Gasteiger partial charge on any atom is -0.396 e. The summed E-state index contributed by atoms with van der Waals surface area (Å²) in [6, 6.07) is 0. The molecule has 0 bridgehead atoms. The van der Waals surface area contributed by atoms with E-state index in [4.69, 9.17) is 5.11 Å². The fraction of sp³-hybridized carbons (Fsp3) is 1.00. The summed E-state index contributed by atoms with van der Waals surface area (Å²) in [5.41, 5.74) is 0. The third-order valence-corrected chi connectivity index (χ3v) is 2.47. The highest BCUT2D eigenvalue weighted by Gasteiger charge is 2.29. The first kappa shape index (κ1) is 12.7. The van der Waals surface area contributed by atoms with Gasteiger partial charge in [0.2, 0.25) is 10.0 Å². The van der Waals surface area contributed by atoms with Crippen LogP contribution in [-0.2, 0) is 10.0 Å². The first-order chi connectivity index (χ1) is 5.77. The lowest BCUT2D eigenvalue weighted by Gasteiger charge is -2.08. The lowest BCUT2D eigenvalue weighted by atomic mass is 10.5. The van der Waals surface area contributed by atoms with Gasteiger partial charge in [0.1, 0.15) is 6.54 Å². The molecule has 2 N–H and O–H groups in total. The molecule has 80 valence electrons. The van der Waals surface area contributed by atoms with Crippen molar-refractivity contribution in [3.63, 3.8) is 0 Å². The van der Waals surface area contributed by atoms with Gasteiger partial charge < -0.3 is 5.11 Å². The lowest BCUT2D eigenvalue weighted by Crippen LogP contribution is -2.35. The summed E-state index contributed by atoms with van der Waals surface area (Å²) in [5, 5.41) is 8.24. The molecule has 0 aliphatic carbocycles. The number of rotatable bonds is 5.